The van der Waals surface area contributed by atoms with Crippen molar-refractivity contribution in [3.63, 3.8) is 0 Å². The summed E-state index contributed by atoms with van der Waals surface area (Å²) in [4.78, 5) is 0. The van der Waals surface area contributed by atoms with E-state index in [2.05, 4.69) is 48.6 Å². The molecular weight excluding hydrogens is 630 g/mol. The fraction of sp³-hybridized carbons (Fsp3) is 0.400. The minimum atomic E-state index is 0. The van der Waals surface area contributed by atoms with Crippen LogP contribution in [-0.4, -0.2) is 0 Å². The average molecular weight is 667 g/mol. The van der Waals surface area contributed by atoms with Gasteiger partial charge in [-0.05, 0) is 51.4 Å². The topological polar surface area (TPSA) is 0 Å². The fourth-order valence-electron chi connectivity index (χ4n) is 1.71. The zero-order valence-electron chi connectivity index (χ0n) is 14.9. The summed E-state index contributed by atoms with van der Waals surface area (Å²) in [6.45, 7) is 0. The Balaban J connectivity index is -0.0000000457. The Hall–Kier alpha value is 0.337. The van der Waals surface area contributed by atoms with Crippen LogP contribution in [0.1, 0.15) is 51.4 Å². The van der Waals surface area contributed by atoms with Crippen molar-refractivity contribution in [3.8, 4) is 0 Å². The summed E-state index contributed by atoms with van der Waals surface area (Å²) in [7, 11) is 0. The molecule has 0 aliphatic heterocycles. The molecule has 0 aromatic rings. The quantitative estimate of drug-likeness (QED) is 0.191. The van der Waals surface area contributed by atoms with Crippen molar-refractivity contribution in [3.05, 3.63) is 78.3 Å². The van der Waals surface area contributed by atoms with Crippen LogP contribution in [0.2, 0.25) is 0 Å². The van der Waals surface area contributed by atoms with Crippen LogP contribution in [0.3, 0.4) is 0 Å². The van der Waals surface area contributed by atoms with Crippen molar-refractivity contribution >= 4 is 0 Å². The molecule has 0 nitrogen and oxygen atoms in total. The van der Waals surface area contributed by atoms with E-state index < -0.39 is 0 Å². The van der Waals surface area contributed by atoms with Gasteiger partial charge in [-0.3, -0.25) is 0 Å². The Labute approximate surface area is 171 Å². The van der Waals surface area contributed by atoms with Crippen molar-refractivity contribution < 1.29 is 42.1 Å². The van der Waals surface area contributed by atoms with Crippen LogP contribution < -0.4 is 0 Å². The molecule has 0 spiro atoms. The van der Waals surface area contributed by atoms with E-state index >= 15 is 0 Å². The number of hydrogen-bond donors (Lipinski definition) is 0. The summed E-state index contributed by atoms with van der Waals surface area (Å²) in [5, 5.41) is 0. The molecule has 0 unspecified atom stereocenters. The molecule has 2 heteroatoms. The Morgan fingerprint density at radius 1 is 0.273 bits per heavy atom. The van der Waals surface area contributed by atoms with Crippen LogP contribution >= 0.6 is 0 Å². The summed E-state index contributed by atoms with van der Waals surface area (Å²) in [6.07, 6.45) is 28.0. The van der Waals surface area contributed by atoms with Crippen LogP contribution in [0.4, 0.5) is 0 Å². The Morgan fingerprint density at radius 2 is 0.364 bits per heavy atom. The van der Waals surface area contributed by atoms with Crippen molar-refractivity contribution in [2.75, 3.05) is 0 Å². The molecule has 0 aromatic carbocycles. The van der Waals surface area contributed by atoms with Crippen molar-refractivity contribution in [1.82, 2.24) is 0 Å². The monoisotopic (exact) mass is 666 g/mol. The van der Waals surface area contributed by atoms with E-state index in [-0.39, 0.29) is 71.8 Å². The molecule has 0 aromatic heterocycles. The summed E-state index contributed by atoms with van der Waals surface area (Å²) >= 11 is 0. The minimum Gasteiger partial charge on any atom is -0.358 e. The molecule has 2 rings (SSSR count). The standard InChI is InChI=1S/2C8H12.4CH3.2Pt/c2*1-2-4-6-8-7-5-3-1;;;;;;/h2*1-2,7-8H,3-6H2;4*1H3;;/q;;4*-1;2*+2. The third kappa shape index (κ3) is 28.5. The second-order valence-electron chi connectivity index (χ2n) is 4.20. The maximum Gasteiger partial charge on any atom is 2.00 e. The summed E-state index contributed by atoms with van der Waals surface area (Å²) in [6, 6.07) is 0. The second kappa shape index (κ2) is 33.1. The number of rotatable bonds is 0. The van der Waals surface area contributed by atoms with Crippen LogP contribution in [0, 0.1) is 29.7 Å². The van der Waals surface area contributed by atoms with Crippen molar-refractivity contribution in [2.24, 2.45) is 0 Å². The number of allylic oxidation sites excluding steroid dienone is 8. The van der Waals surface area contributed by atoms with Crippen molar-refractivity contribution in [1.29, 1.82) is 0 Å². The van der Waals surface area contributed by atoms with Crippen LogP contribution in [0.15, 0.2) is 48.6 Å². The van der Waals surface area contributed by atoms with E-state index in [1.165, 1.54) is 51.4 Å². The third-order valence-corrected chi connectivity index (χ3v) is 2.67. The zero-order chi connectivity index (χ0) is 11.3. The minimum absolute atomic E-state index is 0. The maximum absolute atomic E-state index is 2.27. The summed E-state index contributed by atoms with van der Waals surface area (Å²) in [5.41, 5.74) is 0. The van der Waals surface area contributed by atoms with E-state index in [9.17, 15) is 0 Å². The van der Waals surface area contributed by atoms with E-state index in [1.54, 1.807) is 0 Å². The first-order valence-electron chi connectivity index (χ1n) is 6.60. The van der Waals surface area contributed by atoms with Gasteiger partial charge in [0.2, 0.25) is 0 Å². The van der Waals surface area contributed by atoms with Gasteiger partial charge in [-0.1, -0.05) is 48.6 Å². The first-order valence-corrected chi connectivity index (χ1v) is 6.60. The van der Waals surface area contributed by atoms with E-state index in [0.717, 1.165) is 0 Å². The Morgan fingerprint density at radius 3 is 0.455 bits per heavy atom. The molecule has 2 aliphatic rings. The smallest absolute Gasteiger partial charge is 0.358 e. The number of hydrogen-bond acceptors (Lipinski definition) is 0. The summed E-state index contributed by atoms with van der Waals surface area (Å²) in [5.74, 6) is 0. The van der Waals surface area contributed by atoms with Crippen LogP contribution in [0.5, 0.6) is 0 Å². The summed E-state index contributed by atoms with van der Waals surface area (Å²) < 4.78 is 0. The third-order valence-electron chi connectivity index (χ3n) is 2.67. The molecule has 0 bridgehead atoms. The molecule has 0 atom stereocenters. The van der Waals surface area contributed by atoms with Gasteiger partial charge in [0.15, 0.2) is 0 Å². The molecule has 2 aliphatic carbocycles. The fourth-order valence-corrected chi connectivity index (χ4v) is 1.71. The van der Waals surface area contributed by atoms with Gasteiger partial charge >= 0.3 is 42.1 Å². The SMILES string of the molecule is C1=CCCC=CCC1.C1=CCCC=CCC1.[CH3-].[CH3-].[CH3-].[CH3-].[Pt+2].[Pt+2]. The Kier molecular flexibility index (Phi) is 57.3. The molecule has 136 valence electrons. The van der Waals surface area contributed by atoms with Gasteiger partial charge in [-0.15, -0.1) is 0 Å². The molecule has 22 heavy (non-hydrogen) atoms. The van der Waals surface area contributed by atoms with Gasteiger partial charge in [-0.2, -0.15) is 0 Å². The molecule has 0 saturated heterocycles. The molecule has 0 N–H and O–H groups in total. The molecule has 0 heterocycles. The molecule has 0 saturated carbocycles. The average Bonchev–Trinajstić information content (AvgIpc) is 2.15. The van der Waals surface area contributed by atoms with E-state index in [0.29, 0.717) is 0 Å². The van der Waals surface area contributed by atoms with Gasteiger partial charge in [0.05, 0.1) is 0 Å². The van der Waals surface area contributed by atoms with E-state index in [4.69, 9.17) is 0 Å². The van der Waals surface area contributed by atoms with Gasteiger partial charge in [0.25, 0.3) is 0 Å². The van der Waals surface area contributed by atoms with Gasteiger partial charge in [0.1, 0.15) is 0 Å². The molecule has 0 fully saturated rings. The first kappa shape index (κ1) is 38.1. The molecule has 0 amide bonds. The largest absolute Gasteiger partial charge is 2.00 e. The second-order valence-corrected chi connectivity index (χ2v) is 4.20. The predicted octanol–water partition coefficient (Wildman–Crippen LogP) is 7.14. The van der Waals surface area contributed by atoms with Gasteiger partial charge in [0, 0.05) is 0 Å². The van der Waals surface area contributed by atoms with Gasteiger partial charge < -0.3 is 29.7 Å². The van der Waals surface area contributed by atoms with Crippen LogP contribution in [0.25, 0.3) is 0 Å². The normalized spacial score (nSPS) is 14.5. The van der Waals surface area contributed by atoms with E-state index in [1.807, 2.05) is 0 Å². The molecular formula is C20H36Pt2. The Bertz CT molecular complexity index is 183. The predicted molar refractivity (Wildman–Crippen MR) is 99.2 cm³/mol. The zero-order valence-corrected chi connectivity index (χ0v) is 19.5. The maximum atomic E-state index is 2.27. The van der Waals surface area contributed by atoms with Crippen LogP contribution in [-0.2, 0) is 42.1 Å². The van der Waals surface area contributed by atoms with Gasteiger partial charge in [-0.25, -0.2) is 0 Å². The molecule has 0 radical (unpaired) electrons. The van der Waals surface area contributed by atoms with Crippen molar-refractivity contribution in [2.45, 2.75) is 51.4 Å². The first-order chi connectivity index (χ1) is 8.00.